The molecule has 0 unspecified atom stereocenters. The Labute approximate surface area is 92.5 Å². The van der Waals surface area contributed by atoms with Crippen LogP contribution in [0.3, 0.4) is 0 Å². The molecular weight excluding hydrogens is 190 g/mol. The van der Waals surface area contributed by atoms with Gasteiger partial charge in [-0.15, -0.1) is 0 Å². The Bertz CT molecular complexity index is 188. The van der Waals surface area contributed by atoms with Crippen LogP contribution in [0.2, 0.25) is 0 Å². The number of nitrogens with zero attached hydrogens (tertiary/aromatic N) is 1. The summed E-state index contributed by atoms with van der Waals surface area (Å²) in [6.07, 6.45) is 7.97. The maximum Gasteiger partial charge on any atom is 0.303 e. The summed E-state index contributed by atoms with van der Waals surface area (Å²) in [6.45, 7) is 2.07. The Balaban J connectivity index is 2.06. The maximum absolute atomic E-state index is 10.4. The standard InChI is InChI=1S/C12H23NO2/c1-13(9-5-8-12(14)15)10-11-6-3-2-4-7-11/h11H,2-10H2,1H3,(H,14,15). The molecular formula is C12H23NO2. The number of rotatable bonds is 6. The third-order valence-corrected chi connectivity index (χ3v) is 3.23. The molecule has 0 heterocycles. The van der Waals surface area contributed by atoms with Gasteiger partial charge in [-0.05, 0) is 38.8 Å². The van der Waals surface area contributed by atoms with Crippen LogP contribution in [0, 0.1) is 5.92 Å². The van der Waals surface area contributed by atoms with Crippen LogP contribution < -0.4 is 0 Å². The summed E-state index contributed by atoms with van der Waals surface area (Å²) in [7, 11) is 2.11. The van der Waals surface area contributed by atoms with Gasteiger partial charge in [0.2, 0.25) is 0 Å². The van der Waals surface area contributed by atoms with Crippen molar-refractivity contribution in [2.75, 3.05) is 20.1 Å². The highest BCUT2D eigenvalue weighted by Gasteiger charge is 2.15. The molecule has 0 bridgehead atoms. The minimum atomic E-state index is -0.680. The minimum absolute atomic E-state index is 0.301. The summed E-state index contributed by atoms with van der Waals surface area (Å²) in [6, 6.07) is 0. The fraction of sp³-hybridized carbons (Fsp3) is 0.917. The Morgan fingerprint density at radius 2 is 2.00 bits per heavy atom. The van der Waals surface area contributed by atoms with Crippen molar-refractivity contribution in [1.29, 1.82) is 0 Å². The van der Waals surface area contributed by atoms with Crippen molar-refractivity contribution in [3.05, 3.63) is 0 Å². The van der Waals surface area contributed by atoms with Gasteiger partial charge >= 0.3 is 5.97 Å². The molecule has 0 aliphatic heterocycles. The molecule has 88 valence electrons. The van der Waals surface area contributed by atoms with E-state index in [-0.39, 0.29) is 0 Å². The third kappa shape index (κ3) is 5.78. The summed E-state index contributed by atoms with van der Waals surface area (Å²) >= 11 is 0. The average molecular weight is 213 g/mol. The monoisotopic (exact) mass is 213 g/mol. The van der Waals surface area contributed by atoms with Gasteiger partial charge in [-0.3, -0.25) is 4.79 Å². The van der Waals surface area contributed by atoms with Crippen molar-refractivity contribution >= 4 is 5.97 Å². The van der Waals surface area contributed by atoms with E-state index >= 15 is 0 Å². The van der Waals surface area contributed by atoms with E-state index < -0.39 is 5.97 Å². The van der Waals surface area contributed by atoms with Crippen molar-refractivity contribution in [3.8, 4) is 0 Å². The van der Waals surface area contributed by atoms with Gasteiger partial charge in [0, 0.05) is 13.0 Å². The molecule has 0 aromatic heterocycles. The lowest BCUT2D eigenvalue weighted by Gasteiger charge is -2.26. The van der Waals surface area contributed by atoms with Gasteiger partial charge in [-0.25, -0.2) is 0 Å². The van der Waals surface area contributed by atoms with Gasteiger partial charge in [0.15, 0.2) is 0 Å². The smallest absolute Gasteiger partial charge is 0.303 e. The normalized spacial score (nSPS) is 18.3. The van der Waals surface area contributed by atoms with Crippen LogP contribution >= 0.6 is 0 Å². The molecule has 1 rings (SSSR count). The Morgan fingerprint density at radius 1 is 1.33 bits per heavy atom. The molecule has 0 aromatic rings. The number of aliphatic carboxylic acids is 1. The lowest BCUT2D eigenvalue weighted by atomic mass is 9.89. The van der Waals surface area contributed by atoms with E-state index in [1.54, 1.807) is 0 Å². The third-order valence-electron chi connectivity index (χ3n) is 3.23. The van der Waals surface area contributed by atoms with Crippen molar-refractivity contribution < 1.29 is 9.90 Å². The molecule has 0 spiro atoms. The van der Waals surface area contributed by atoms with Crippen LogP contribution in [-0.2, 0) is 4.79 Å². The summed E-state index contributed by atoms with van der Waals surface area (Å²) in [5.41, 5.74) is 0. The van der Waals surface area contributed by atoms with Gasteiger partial charge in [0.05, 0.1) is 0 Å². The summed E-state index contributed by atoms with van der Waals surface area (Å²) in [4.78, 5) is 12.6. The van der Waals surface area contributed by atoms with Crippen molar-refractivity contribution in [2.24, 2.45) is 5.92 Å². The second-order valence-electron chi connectivity index (χ2n) is 4.76. The molecule has 1 aliphatic carbocycles. The van der Waals surface area contributed by atoms with Gasteiger partial charge in [0.25, 0.3) is 0 Å². The molecule has 1 saturated carbocycles. The molecule has 3 heteroatoms. The molecule has 0 saturated heterocycles. The molecule has 0 aromatic carbocycles. The zero-order valence-electron chi connectivity index (χ0n) is 9.74. The quantitative estimate of drug-likeness (QED) is 0.736. The highest BCUT2D eigenvalue weighted by atomic mass is 16.4. The van der Waals surface area contributed by atoms with Crippen LogP contribution in [-0.4, -0.2) is 36.1 Å². The first-order chi connectivity index (χ1) is 7.18. The molecule has 1 fully saturated rings. The van der Waals surface area contributed by atoms with Crippen molar-refractivity contribution in [2.45, 2.75) is 44.9 Å². The van der Waals surface area contributed by atoms with Crippen LogP contribution in [0.25, 0.3) is 0 Å². The van der Waals surface area contributed by atoms with Crippen LogP contribution in [0.1, 0.15) is 44.9 Å². The van der Waals surface area contributed by atoms with Gasteiger partial charge in [0.1, 0.15) is 0 Å². The first-order valence-corrected chi connectivity index (χ1v) is 6.09. The van der Waals surface area contributed by atoms with E-state index in [9.17, 15) is 4.79 Å². The van der Waals surface area contributed by atoms with Crippen molar-refractivity contribution in [3.63, 3.8) is 0 Å². The summed E-state index contributed by atoms with van der Waals surface area (Å²) in [5, 5.41) is 8.53. The molecule has 15 heavy (non-hydrogen) atoms. The maximum atomic E-state index is 10.4. The number of carboxylic acids is 1. The average Bonchev–Trinajstić information content (AvgIpc) is 2.18. The zero-order chi connectivity index (χ0) is 11.1. The fourth-order valence-corrected chi connectivity index (χ4v) is 2.40. The highest BCUT2D eigenvalue weighted by molar-refractivity contribution is 5.66. The topological polar surface area (TPSA) is 40.5 Å². The number of hydrogen-bond donors (Lipinski definition) is 1. The largest absolute Gasteiger partial charge is 0.481 e. The Hall–Kier alpha value is -0.570. The first-order valence-electron chi connectivity index (χ1n) is 6.09. The van der Waals surface area contributed by atoms with Crippen LogP contribution in [0.15, 0.2) is 0 Å². The molecule has 1 N–H and O–H groups in total. The molecule has 0 radical (unpaired) electrons. The minimum Gasteiger partial charge on any atom is -0.481 e. The van der Waals surface area contributed by atoms with E-state index in [2.05, 4.69) is 11.9 Å². The van der Waals surface area contributed by atoms with E-state index in [4.69, 9.17) is 5.11 Å². The molecule has 0 amide bonds. The molecule has 3 nitrogen and oxygen atoms in total. The van der Waals surface area contributed by atoms with Crippen LogP contribution in [0.4, 0.5) is 0 Å². The van der Waals surface area contributed by atoms with Gasteiger partial charge in [-0.2, -0.15) is 0 Å². The van der Waals surface area contributed by atoms with E-state index in [1.807, 2.05) is 0 Å². The molecule has 0 atom stereocenters. The predicted octanol–water partition coefficient (Wildman–Crippen LogP) is 2.36. The number of carboxylic acid groups (broad SMARTS) is 1. The first kappa shape index (κ1) is 12.5. The van der Waals surface area contributed by atoms with Crippen molar-refractivity contribution in [1.82, 2.24) is 4.90 Å². The predicted molar refractivity (Wildman–Crippen MR) is 60.9 cm³/mol. The molecule has 1 aliphatic rings. The summed E-state index contributed by atoms with van der Waals surface area (Å²) < 4.78 is 0. The summed E-state index contributed by atoms with van der Waals surface area (Å²) in [5.74, 6) is 0.176. The van der Waals surface area contributed by atoms with Gasteiger partial charge in [-0.1, -0.05) is 19.3 Å². The lowest BCUT2D eigenvalue weighted by Crippen LogP contribution is -2.28. The number of hydrogen-bond acceptors (Lipinski definition) is 2. The SMILES string of the molecule is CN(CCCC(=O)O)CC1CCCCC1. The fourth-order valence-electron chi connectivity index (χ4n) is 2.40. The number of carbonyl (C=O) groups is 1. The Morgan fingerprint density at radius 3 is 2.60 bits per heavy atom. The zero-order valence-corrected chi connectivity index (χ0v) is 9.74. The van der Waals surface area contributed by atoms with E-state index in [0.29, 0.717) is 6.42 Å². The second-order valence-corrected chi connectivity index (χ2v) is 4.76. The highest BCUT2D eigenvalue weighted by Crippen LogP contribution is 2.24. The van der Waals surface area contributed by atoms with Gasteiger partial charge < -0.3 is 10.0 Å². The van der Waals surface area contributed by atoms with E-state index in [1.165, 1.54) is 32.1 Å². The Kier molecular flexibility index (Phi) is 5.69. The lowest BCUT2D eigenvalue weighted by molar-refractivity contribution is -0.137. The second kappa shape index (κ2) is 6.83. The van der Waals surface area contributed by atoms with E-state index in [0.717, 1.165) is 25.4 Å². The van der Waals surface area contributed by atoms with Crippen LogP contribution in [0.5, 0.6) is 0 Å².